The molecule has 0 saturated heterocycles. The highest BCUT2D eigenvalue weighted by atomic mass is 16.5. The Kier molecular flexibility index (Phi) is 4.96. The molecule has 1 aromatic carbocycles. The van der Waals surface area contributed by atoms with Gasteiger partial charge in [-0.3, -0.25) is 4.98 Å². The summed E-state index contributed by atoms with van der Waals surface area (Å²) in [5, 5.41) is 3.48. The molecule has 106 valence electrons. The van der Waals surface area contributed by atoms with Crippen molar-refractivity contribution in [3.05, 3.63) is 53.9 Å². The molecule has 4 heteroatoms. The molecule has 0 radical (unpaired) electrons. The van der Waals surface area contributed by atoms with Gasteiger partial charge in [0.05, 0.1) is 20.3 Å². The van der Waals surface area contributed by atoms with E-state index in [0.717, 1.165) is 29.2 Å². The van der Waals surface area contributed by atoms with E-state index in [1.54, 1.807) is 26.6 Å². The van der Waals surface area contributed by atoms with Crippen molar-refractivity contribution in [1.82, 2.24) is 10.3 Å². The number of methoxy groups -OCH3 is 2. The maximum Gasteiger partial charge on any atom is 0.127 e. The van der Waals surface area contributed by atoms with Gasteiger partial charge < -0.3 is 14.8 Å². The zero-order chi connectivity index (χ0) is 14.4. The highest BCUT2D eigenvalue weighted by molar-refractivity contribution is 5.45. The summed E-state index contributed by atoms with van der Waals surface area (Å²) < 4.78 is 10.7. The Morgan fingerprint density at radius 2 is 1.85 bits per heavy atom. The number of rotatable bonds is 6. The molecule has 0 amide bonds. The molecule has 1 N–H and O–H groups in total. The van der Waals surface area contributed by atoms with E-state index in [0.29, 0.717) is 0 Å². The first-order chi connectivity index (χ1) is 9.80. The van der Waals surface area contributed by atoms with Gasteiger partial charge in [0.1, 0.15) is 11.5 Å². The third kappa shape index (κ3) is 3.08. The summed E-state index contributed by atoms with van der Waals surface area (Å²) in [4.78, 5) is 4.07. The molecule has 20 heavy (non-hydrogen) atoms. The van der Waals surface area contributed by atoms with Gasteiger partial charge in [0, 0.05) is 24.0 Å². The topological polar surface area (TPSA) is 43.4 Å². The molecule has 0 saturated carbocycles. The zero-order valence-corrected chi connectivity index (χ0v) is 12.1. The fourth-order valence-corrected chi connectivity index (χ4v) is 2.22. The van der Waals surface area contributed by atoms with Gasteiger partial charge in [0.15, 0.2) is 0 Å². The van der Waals surface area contributed by atoms with E-state index in [1.807, 2.05) is 30.3 Å². The van der Waals surface area contributed by atoms with Crippen molar-refractivity contribution >= 4 is 0 Å². The van der Waals surface area contributed by atoms with E-state index in [2.05, 4.69) is 17.2 Å². The monoisotopic (exact) mass is 272 g/mol. The zero-order valence-electron chi connectivity index (χ0n) is 12.1. The van der Waals surface area contributed by atoms with Crippen LogP contribution >= 0.6 is 0 Å². The molecule has 0 aliphatic heterocycles. The van der Waals surface area contributed by atoms with Crippen molar-refractivity contribution in [2.24, 2.45) is 0 Å². The van der Waals surface area contributed by atoms with Crippen LogP contribution in [0.3, 0.4) is 0 Å². The maximum absolute atomic E-state index is 5.50. The van der Waals surface area contributed by atoms with E-state index in [9.17, 15) is 0 Å². The van der Waals surface area contributed by atoms with E-state index >= 15 is 0 Å². The van der Waals surface area contributed by atoms with Crippen molar-refractivity contribution in [2.45, 2.75) is 13.0 Å². The molecular weight excluding hydrogens is 252 g/mol. The smallest absolute Gasteiger partial charge is 0.127 e. The van der Waals surface area contributed by atoms with Crippen LogP contribution in [0.5, 0.6) is 11.5 Å². The summed E-state index contributed by atoms with van der Waals surface area (Å²) in [5.74, 6) is 1.60. The predicted molar refractivity (Wildman–Crippen MR) is 79.3 cm³/mol. The lowest BCUT2D eigenvalue weighted by molar-refractivity contribution is 0.387. The molecule has 1 aromatic heterocycles. The first-order valence-corrected chi connectivity index (χ1v) is 6.65. The number of nitrogens with one attached hydrogen (secondary N) is 1. The summed E-state index contributed by atoms with van der Waals surface area (Å²) in [7, 11) is 3.33. The number of hydrogen-bond acceptors (Lipinski definition) is 4. The average Bonchev–Trinajstić information content (AvgIpc) is 2.53. The molecule has 0 fully saturated rings. The molecule has 2 aromatic rings. The number of nitrogens with zero attached hydrogens (tertiary/aromatic N) is 1. The lowest BCUT2D eigenvalue weighted by Gasteiger charge is -2.21. The van der Waals surface area contributed by atoms with E-state index < -0.39 is 0 Å². The van der Waals surface area contributed by atoms with Crippen molar-refractivity contribution < 1.29 is 9.47 Å². The number of benzene rings is 1. The third-order valence-electron chi connectivity index (χ3n) is 3.20. The standard InChI is InChI=1S/C16H20N2O2/c1-4-18-16(12-7-9-17-10-8-12)14-6-5-13(19-2)11-15(14)20-3/h5-11,16,18H,4H2,1-3H3. The second kappa shape index (κ2) is 6.91. The first-order valence-electron chi connectivity index (χ1n) is 6.65. The SMILES string of the molecule is CCNC(c1ccncc1)c1ccc(OC)cc1OC. The Morgan fingerprint density at radius 3 is 2.45 bits per heavy atom. The molecule has 0 bridgehead atoms. The maximum atomic E-state index is 5.50. The van der Waals surface area contributed by atoms with Crippen LogP contribution in [0.1, 0.15) is 24.1 Å². The molecule has 1 unspecified atom stereocenters. The summed E-state index contributed by atoms with van der Waals surface area (Å²) in [6.07, 6.45) is 3.60. The fraction of sp³-hybridized carbons (Fsp3) is 0.312. The van der Waals surface area contributed by atoms with E-state index in [1.165, 1.54) is 0 Å². The van der Waals surface area contributed by atoms with Crippen LogP contribution in [0.25, 0.3) is 0 Å². The Morgan fingerprint density at radius 1 is 1.10 bits per heavy atom. The van der Waals surface area contributed by atoms with Gasteiger partial charge in [0.2, 0.25) is 0 Å². The molecule has 2 rings (SSSR count). The minimum Gasteiger partial charge on any atom is -0.497 e. The Hall–Kier alpha value is -2.07. The third-order valence-corrected chi connectivity index (χ3v) is 3.20. The molecule has 1 atom stereocenters. The molecule has 1 heterocycles. The quantitative estimate of drug-likeness (QED) is 0.878. The highest BCUT2D eigenvalue weighted by Crippen LogP contribution is 2.32. The van der Waals surface area contributed by atoms with Crippen LogP contribution in [0.2, 0.25) is 0 Å². The van der Waals surface area contributed by atoms with Gasteiger partial charge in [-0.1, -0.05) is 6.92 Å². The summed E-state index contributed by atoms with van der Waals surface area (Å²) >= 11 is 0. The molecule has 4 nitrogen and oxygen atoms in total. The van der Waals surface area contributed by atoms with Gasteiger partial charge in [-0.2, -0.15) is 0 Å². The van der Waals surface area contributed by atoms with Crippen molar-refractivity contribution in [3.63, 3.8) is 0 Å². The van der Waals surface area contributed by atoms with Gasteiger partial charge in [0.25, 0.3) is 0 Å². The van der Waals surface area contributed by atoms with Crippen molar-refractivity contribution in [1.29, 1.82) is 0 Å². The van der Waals surface area contributed by atoms with E-state index in [4.69, 9.17) is 9.47 Å². The number of pyridine rings is 1. The van der Waals surface area contributed by atoms with Crippen molar-refractivity contribution in [2.75, 3.05) is 20.8 Å². The normalized spacial score (nSPS) is 11.9. The van der Waals surface area contributed by atoms with Crippen LogP contribution in [-0.4, -0.2) is 25.7 Å². The minimum absolute atomic E-state index is 0.0730. The van der Waals surface area contributed by atoms with Gasteiger partial charge >= 0.3 is 0 Å². The van der Waals surface area contributed by atoms with Gasteiger partial charge in [-0.15, -0.1) is 0 Å². The van der Waals surface area contributed by atoms with E-state index in [-0.39, 0.29) is 6.04 Å². The highest BCUT2D eigenvalue weighted by Gasteiger charge is 2.17. The van der Waals surface area contributed by atoms with Gasteiger partial charge in [-0.25, -0.2) is 0 Å². The van der Waals surface area contributed by atoms with Crippen LogP contribution in [0.15, 0.2) is 42.7 Å². The molecule has 0 aliphatic rings. The summed E-state index contributed by atoms with van der Waals surface area (Å²) in [6, 6.07) is 9.98. The number of aromatic nitrogens is 1. The van der Waals surface area contributed by atoms with Crippen LogP contribution in [0.4, 0.5) is 0 Å². The second-order valence-corrected chi connectivity index (χ2v) is 4.38. The largest absolute Gasteiger partial charge is 0.497 e. The second-order valence-electron chi connectivity index (χ2n) is 4.38. The Balaban J connectivity index is 2.44. The molecule has 0 aliphatic carbocycles. The number of ether oxygens (including phenoxy) is 2. The van der Waals surface area contributed by atoms with Crippen molar-refractivity contribution in [3.8, 4) is 11.5 Å². The van der Waals surface area contributed by atoms with Gasteiger partial charge in [-0.05, 0) is 36.4 Å². The Bertz CT molecular complexity index is 543. The lowest BCUT2D eigenvalue weighted by Crippen LogP contribution is -2.22. The number of hydrogen-bond donors (Lipinski definition) is 1. The average molecular weight is 272 g/mol. The van der Waals surface area contributed by atoms with Crippen LogP contribution in [0, 0.1) is 0 Å². The fourth-order valence-electron chi connectivity index (χ4n) is 2.22. The summed E-state index contributed by atoms with van der Waals surface area (Å²) in [6.45, 7) is 2.95. The lowest BCUT2D eigenvalue weighted by atomic mass is 9.98. The Labute approximate surface area is 119 Å². The molecular formula is C16H20N2O2. The predicted octanol–water partition coefficient (Wildman–Crippen LogP) is 2.80. The first kappa shape index (κ1) is 14.3. The minimum atomic E-state index is 0.0730. The van der Waals surface area contributed by atoms with Crippen LogP contribution in [-0.2, 0) is 0 Å². The van der Waals surface area contributed by atoms with Crippen LogP contribution < -0.4 is 14.8 Å². The molecule has 0 spiro atoms. The summed E-state index contributed by atoms with van der Waals surface area (Å²) in [5.41, 5.74) is 2.24.